The first-order valence-corrected chi connectivity index (χ1v) is 11.5. The fraction of sp³-hybridized carbons (Fsp3) is 0.400. The number of ether oxygens (including phenoxy) is 1. The Morgan fingerprint density at radius 3 is 2.58 bits per heavy atom. The number of benzene rings is 1. The number of unbranched alkanes of at least 4 members (excludes halogenated alkanes) is 1. The van der Waals surface area contributed by atoms with E-state index in [0.29, 0.717) is 48.8 Å². The van der Waals surface area contributed by atoms with Crippen LogP contribution in [0.4, 0.5) is 18.0 Å². The van der Waals surface area contributed by atoms with Crippen molar-refractivity contribution in [2.24, 2.45) is 0 Å². The summed E-state index contributed by atoms with van der Waals surface area (Å²) in [6, 6.07) is 5.86. The molecule has 0 aliphatic carbocycles. The van der Waals surface area contributed by atoms with Crippen molar-refractivity contribution < 1.29 is 36.3 Å². The zero-order valence-corrected chi connectivity index (χ0v) is 19.7. The van der Waals surface area contributed by atoms with Crippen molar-refractivity contribution in [1.29, 1.82) is 0 Å². The largest absolute Gasteiger partial charge is 0.493 e. The van der Waals surface area contributed by atoms with E-state index in [2.05, 4.69) is 5.32 Å². The SMILES string of the molecule is CCCc1c(OCCCCN2C(=O)NC(C)(c3ccco3)C2=O)ccc2c(C(F)(F)F)cc(=O)oc12. The maximum absolute atomic E-state index is 13.4. The number of carbonyl (C=O) groups is 2. The fourth-order valence-corrected chi connectivity index (χ4v) is 4.30. The van der Waals surface area contributed by atoms with Crippen molar-refractivity contribution in [2.75, 3.05) is 13.2 Å². The third kappa shape index (κ3) is 4.69. The highest BCUT2D eigenvalue weighted by Crippen LogP contribution is 2.37. The molecular weight excluding hydrogens is 481 g/mol. The molecule has 11 heteroatoms. The molecule has 1 aromatic carbocycles. The molecule has 1 aliphatic rings. The minimum Gasteiger partial charge on any atom is -0.493 e. The summed E-state index contributed by atoms with van der Waals surface area (Å²) in [5, 5.41) is 2.46. The molecule has 0 radical (unpaired) electrons. The van der Waals surface area contributed by atoms with Crippen molar-refractivity contribution in [3.8, 4) is 5.75 Å². The molecule has 0 spiro atoms. The van der Waals surface area contributed by atoms with E-state index < -0.39 is 34.8 Å². The van der Waals surface area contributed by atoms with E-state index in [1.807, 2.05) is 6.92 Å². The number of furan rings is 1. The molecule has 0 saturated carbocycles. The molecule has 1 fully saturated rings. The third-order valence-corrected chi connectivity index (χ3v) is 6.10. The van der Waals surface area contributed by atoms with Crippen LogP contribution in [0.15, 0.2) is 50.2 Å². The van der Waals surface area contributed by atoms with Gasteiger partial charge in [0.05, 0.1) is 18.4 Å². The molecule has 192 valence electrons. The average Bonchev–Trinajstić information content (AvgIpc) is 3.43. The summed E-state index contributed by atoms with van der Waals surface area (Å²) < 4.78 is 56.6. The van der Waals surface area contributed by atoms with E-state index in [9.17, 15) is 27.6 Å². The normalized spacial score (nSPS) is 18.2. The number of nitrogens with one attached hydrogen (secondary N) is 1. The van der Waals surface area contributed by atoms with Gasteiger partial charge in [0.2, 0.25) is 0 Å². The topological polar surface area (TPSA) is 102 Å². The predicted molar refractivity (Wildman–Crippen MR) is 123 cm³/mol. The van der Waals surface area contributed by atoms with E-state index in [4.69, 9.17) is 13.6 Å². The lowest BCUT2D eigenvalue weighted by Gasteiger charge is -2.19. The average molecular weight is 506 g/mol. The number of carbonyl (C=O) groups excluding carboxylic acids is 2. The van der Waals surface area contributed by atoms with Gasteiger partial charge in [0.25, 0.3) is 5.91 Å². The maximum Gasteiger partial charge on any atom is 0.417 e. The molecule has 4 rings (SSSR count). The predicted octanol–water partition coefficient (Wildman–Crippen LogP) is 4.98. The first kappa shape index (κ1) is 25.3. The molecule has 1 unspecified atom stereocenters. The molecule has 8 nitrogen and oxygen atoms in total. The van der Waals surface area contributed by atoms with Crippen LogP contribution in [0, 0.1) is 0 Å². The Morgan fingerprint density at radius 2 is 1.92 bits per heavy atom. The zero-order chi connectivity index (χ0) is 26.1. The summed E-state index contributed by atoms with van der Waals surface area (Å²) in [6.45, 7) is 3.77. The van der Waals surface area contributed by atoms with Gasteiger partial charge in [-0.05, 0) is 50.5 Å². The van der Waals surface area contributed by atoms with Crippen LogP contribution in [0.1, 0.15) is 50.0 Å². The van der Waals surface area contributed by atoms with Crippen LogP contribution in [0.3, 0.4) is 0 Å². The molecule has 3 amide bonds. The van der Waals surface area contributed by atoms with Crippen molar-refractivity contribution in [3.63, 3.8) is 0 Å². The Balaban J connectivity index is 1.43. The lowest BCUT2D eigenvalue weighted by atomic mass is 9.99. The first-order chi connectivity index (χ1) is 17.1. The summed E-state index contributed by atoms with van der Waals surface area (Å²) >= 11 is 0. The Labute approximate surface area is 204 Å². The second kappa shape index (κ2) is 9.71. The summed E-state index contributed by atoms with van der Waals surface area (Å²) in [4.78, 5) is 38.1. The van der Waals surface area contributed by atoms with E-state index in [1.54, 1.807) is 19.1 Å². The molecule has 0 bridgehead atoms. The third-order valence-electron chi connectivity index (χ3n) is 6.10. The molecule has 3 heterocycles. The van der Waals surface area contributed by atoms with Crippen molar-refractivity contribution in [1.82, 2.24) is 10.2 Å². The van der Waals surface area contributed by atoms with E-state index in [0.717, 1.165) is 4.90 Å². The Hall–Kier alpha value is -3.76. The second-order valence-corrected chi connectivity index (χ2v) is 8.69. The van der Waals surface area contributed by atoms with Gasteiger partial charge in [-0.25, -0.2) is 9.59 Å². The number of imide groups is 1. The highest BCUT2D eigenvalue weighted by Gasteiger charge is 2.50. The molecule has 1 aliphatic heterocycles. The molecule has 36 heavy (non-hydrogen) atoms. The van der Waals surface area contributed by atoms with Crippen molar-refractivity contribution in [3.05, 3.63) is 63.9 Å². The number of nitrogens with zero attached hydrogens (tertiary/aromatic N) is 1. The second-order valence-electron chi connectivity index (χ2n) is 8.69. The van der Waals surface area contributed by atoms with Gasteiger partial charge < -0.3 is 18.9 Å². The van der Waals surface area contributed by atoms with Gasteiger partial charge in [0.15, 0.2) is 5.54 Å². The summed E-state index contributed by atoms with van der Waals surface area (Å²) in [6.07, 6.45) is -1.43. The van der Waals surface area contributed by atoms with Crippen LogP contribution < -0.4 is 15.7 Å². The number of alkyl halides is 3. The van der Waals surface area contributed by atoms with Crippen molar-refractivity contribution >= 4 is 22.9 Å². The number of halogens is 3. The van der Waals surface area contributed by atoms with E-state index >= 15 is 0 Å². The number of hydrogen-bond acceptors (Lipinski definition) is 6. The van der Waals surface area contributed by atoms with Crippen molar-refractivity contribution in [2.45, 2.75) is 51.2 Å². The fourth-order valence-electron chi connectivity index (χ4n) is 4.30. The Kier molecular flexibility index (Phi) is 6.83. The van der Waals surface area contributed by atoms with E-state index in [1.165, 1.54) is 18.4 Å². The Morgan fingerprint density at radius 1 is 1.14 bits per heavy atom. The van der Waals surface area contributed by atoms with Gasteiger partial charge >= 0.3 is 17.8 Å². The summed E-state index contributed by atoms with van der Waals surface area (Å²) in [7, 11) is 0. The standard InChI is InChI=1S/C25H25F3N2O6/c1-3-7-16-18(10-9-15-17(25(26,27)28)14-20(31)36-21(15)16)34-12-5-4-11-30-22(32)24(2,29-23(30)33)19-8-6-13-35-19/h6,8-10,13-14H,3-5,7,11-12H2,1-2H3,(H,29,33). The van der Waals surface area contributed by atoms with Gasteiger partial charge in [0, 0.05) is 23.6 Å². The van der Waals surface area contributed by atoms with Crippen LogP contribution in [-0.2, 0) is 22.9 Å². The summed E-state index contributed by atoms with van der Waals surface area (Å²) in [5.41, 5.74) is -3.14. The zero-order valence-electron chi connectivity index (χ0n) is 19.7. The number of amides is 3. The highest BCUT2D eigenvalue weighted by molar-refractivity contribution is 6.06. The van der Waals surface area contributed by atoms with Crippen LogP contribution in [0.25, 0.3) is 11.0 Å². The maximum atomic E-state index is 13.4. The number of rotatable bonds is 9. The van der Waals surface area contributed by atoms with Gasteiger partial charge in [-0.15, -0.1) is 0 Å². The highest BCUT2D eigenvalue weighted by atomic mass is 19.4. The lowest BCUT2D eigenvalue weighted by molar-refractivity contribution is -0.136. The first-order valence-electron chi connectivity index (χ1n) is 11.5. The molecule has 2 aromatic heterocycles. The molecule has 1 N–H and O–H groups in total. The monoisotopic (exact) mass is 506 g/mol. The Bertz CT molecular complexity index is 1330. The van der Waals surface area contributed by atoms with Crippen LogP contribution in [-0.4, -0.2) is 30.0 Å². The smallest absolute Gasteiger partial charge is 0.417 e. The van der Waals surface area contributed by atoms with E-state index in [-0.39, 0.29) is 24.1 Å². The molecule has 1 saturated heterocycles. The number of urea groups is 1. The molecule has 3 aromatic rings. The van der Waals surface area contributed by atoms with Crippen LogP contribution in [0.2, 0.25) is 0 Å². The van der Waals surface area contributed by atoms with Gasteiger partial charge in [-0.2, -0.15) is 13.2 Å². The number of hydrogen-bond donors (Lipinski definition) is 1. The van der Waals surface area contributed by atoms with Crippen LogP contribution >= 0.6 is 0 Å². The quantitative estimate of drug-likeness (QED) is 0.249. The van der Waals surface area contributed by atoms with Gasteiger partial charge in [-0.1, -0.05) is 13.3 Å². The van der Waals surface area contributed by atoms with Gasteiger partial charge in [-0.3, -0.25) is 9.69 Å². The minimum absolute atomic E-state index is 0.134. The minimum atomic E-state index is -4.70. The van der Waals surface area contributed by atoms with Crippen LogP contribution in [0.5, 0.6) is 5.75 Å². The number of fused-ring (bicyclic) bond motifs is 1. The number of aryl methyl sites for hydroxylation is 1. The van der Waals surface area contributed by atoms with Gasteiger partial charge in [0.1, 0.15) is 17.1 Å². The lowest BCUT2D eigenvalue weighted by Crippen LogP contribution is -2.40. The summed E-state index contributed by atoms with van der Waals surface area (Å²) in [5.74, 6) is 0.248. The molecule has 1 atom stereocenters. The molecular formula is C25H25F3N2O6.